The number of carbonyl (C=O) groups excluding carboxylic acids is 1. The number of carbonyl (C=O) groups is 1. The number of hydrogen-bond donors (Lipinski definition) is 1. The quantitative estimate of drug-likeness (QED) is 0.523. The van der Waals surface area contributed by atoms with Gasteiger partial charge in [0.15, 0.2) is 0 Å². The summed E-state index contributed by atoms with van der Waals surface area (Å²) in [6.45, 7) is -0.291. The second-order valence-corrected chi connectivity index (χ2v) is 4.00. The topological polar surface area (TPSA) is 52.3 Å². The zero-order chi connectivity index (χ0) is 13.8. The lowest BCUT2D eigenvalue weighted by Crippen LogP contribution is -2.11. The van der Waals surface area contributed by atoms with Crippen LogP contribution in [0.15, 0.2) is 18.2 Å². The fourth-order valence-electron chi connectivity index (χ4n) is 1.17. The Labute approximate surface area is 107 Å². The van der Waals surface area contributed by atoms with Crippen LogP contribution >= 0.6 is 11.6 Å². The number of ether oxygens (including phenoxy) is 1. The van der Waals surface area contributed by atoms with Crippen molar-refractivity contribution in [2.24, 2.45) is 0 Å². The maximum atomic E-state index is 11.8. The van der Waals surface area contributed by atoms with E-state index in [4.69, 9.17) is 17.3 Å². The average Bonchev–Trinajstić information content (AvgIpc) is 2.26. The third kappa shape index (κ3) is 4.83. The van der Waals surface area contributed by atoms with Crippen molar-refractivity contribution in [3.63, 3.8) is 0 Å². The van der Waals surface area contributed by atoms with E-state index in [1.807, 2.05) is 0 Å². The fourth-order valence-corrected chi connectivity index (χ4v) is 1.36. The Morgan fingerprint density at radius 3 is 2.61 bits per heavy atom. The first-order valence-electron chi connectivity index (χ1n) is 5.08. The molecule has 0 saturated heterocycles. The van der Waals surface area contributed by atoms with Crippen molar-refractivity contribution < 1.29 is 22.7 Å². The molecule has 1 aromatic carbocycles. The highest BCUT2D eigenvalue weighted by atomic mass is 35.5. The van der Waals surface area contributed by atoms with Gasteiger partial charge in [0.2, 0.25) is 0 Å². The molecule has 0 heterocycles. The minimum atomic E-state index is -4.24. The summed E-state index contributed by atoms with van der Waals surface area (Å²) in [6.07, 6.45) is -5.49. The van der Waals surface area contributed by atoms with Gasteiger partial charge in [-0.3, -0.25) is 0 Å². The van der Waals surface area contributed by atoms with Crippen LogP contribution in [0.5, 0.6) is 0 Å². The molecule has 1 aromatic rings. The standard InChI is InChI=1S/C11H11ClF3NO2/c12-8-6-7(2-3-9(8)16)10(17)18-5-1-4-11(13,14)15/h2-3,6H,1,4-5,16H2. The van der Waals surface area contributed by atoms with Crippen molar-refractivity contribution in [1.82, 2.24) is 0 Å². The lowest BCUT2D eigenvalue weighted by molar-refractivity contribution is -0.137. The Morgan fingerprint density at radius 1 is 1.39 bits per heavy atom. The van der Waals surface area contributed by atoms with Crippen molar-refractivity contribution >= 4 is 23.3 Å². The summed E-state index contributed by atoms with van der Waals surface area (Å²) >= 11 is 5.70. The van der Waals surface area contributed by atoms with Gasteiger partial charge in [-0.15, -0.1) is 0 Å². The number of nitrogen functional groups attached to an aromatic ring is 1. The van der Waals surface area contributed by atoms with Gasteiger partial charge in [-0.05, 0) is 24.6 Å². The number of alkyl halides is 3. The first-order chi connectivity index (χ1) is 8.29. The molecule has 18 heavy (non-hydrogen) atoms. The first kappa shape index (κ1) is 14.6. The van der Waals surface area contributed by atoms with Gasteiger partial charge in [0.25, 0.3) is 0 Å². The molecule has 0 amide bonds. The van der Waals surface area contributed by atoms with Crippen LogP contribution in [0, 0.1) is 0 Å². The molecule has 7 heteroatoms. The van der Waals surface area contributed by atoms with E-state index in [1.54, 1.807) is 0 Å². The Kier molecular flexibility index (Phi) is 4.84. The summed E-state index contributed by atoms with van der Waals surface area (Å²) < 4.78 is 40.2. The van der Waals surface area contributed by atoms with Gasteiger partial charge in [0.05, 0.1) is 22.9 Å². The molecular formula is C11H11ClF3NO2. The van der Waals surface area contributed by atoms with Crippen LogP contribution in [-0.2, 0) is 4.74 Å². The molecule has 0 fully saturated rings. The molecule has 0 radical (unpaired) electrons. The molecule has 1 rings (SSSR count). The average molecular weight is 282 g/mol. The van der Waals surface area contributed by atoms with Crippen molar-refractivity contribution in [3.8, 4) is 0 Å². The van der Waals surface area contributed by atoms with Gasteiger partial charge < -0.3 is 10.5 Å². The SMILES string of the molecule is Nc1ccc(C(=O)OCCCC(F)(F)F)cc1Cl. The van der Waals surface area contributed by atoms with Crippen molar-refractivity contribution in [2.75, 3.05) is 12.3 Å². The predicted molar refractivity (Wildman–Crippen MR) is 61.4 cm³/mol. The van der Waals surface area contributed by atoms with Crippen LogP contribution in [0.1, 0.15) is 23.2 Å². The van der Waals surface area contributed by atoms with E-state index in [0.717, 1.165) is 0 Å². The molecule has 0 unspecified atom stereocenters. The van der Waals surface area contributed by atoms with E-state index in [0.29, 0.717) is 5.69 Å². The summed E-state index contributed by atoms with van der Waals surface area (Å²) in [5.74, 6) is -0.723. The molecule has 0 atom stereocenters. The molecule has 0 aliphatic heterocycles. The summed E-state index contributed by atoms with van der Waals surface area (Å²) in [5.41, 5.74) is 5.91. The molecule has 2 N–H and O–H groups in total. The Hall–Kier alpha value is -1.43. The molecule has 0 saturated carbocycles. The second-order valence-electron chi connectivity index (χ2n) is 3.59. The second kappa shape index (κ2) is 5.95. The van der Waals surface area contributed by atoms with Crippen LogP contribution in [0.2, 0.25) is 5.02 Å². The summed E-state index contributed by atoms with van der Waals surface area (Å²) in [4.78, 5) is 11.4. The number of benzene rings is 1. The molecule has 0 aliphatic rings. The van der Waals surface area contributed by atoms with E-state index in [-0.39, 0.29) is 23.6 Å². The monoisotopic (exact) mass is 281 g/mol. The largest absolute Gasteiger partial charge is 0.462 e. The smallest absolute Gasteiger partial charge is 0.389 e. The van der Waals surface area contributed by atoms with E-state index in [9.17, 15) is 18.0 Å². The summed E-state index contributed by atoms with van der Waals surface area (Å²) in [7, 11) is 0. The van der Waals surface area contributed by atoms with Crippen molar-refractivity contribution in [3.05, 3.63) is 28.8 Å². The van der Waals surface area contributed by atoms with Crippen LogP contribution in [-0.4, -0.2) is 18.8 Å². The van der Waals surface area contributed by atoms with Crippen molar-refractivity contribution in [1.29, 1.82) is 0 Å². The van der Waals surface area contributed by atoms with Crippen molar-refractivity contribution in [2.45, 2.75) is 19.0 Å². The fraction of sp³-hybridized carbons (Fsp3) is 0.364. The van der Waals surface area contributed by atoms with Gasteiger partial charge >= 0.3 is 12.1 Å². The Morgan fingerprint density at radius 2 is 2.06 bits per heavy atom. The Balaban J connectivity index is 2.43. The first-order valence-corrected chi connectivity index (χ1v) is 5.46. The van der Waals surface area contributed by atoms with Gasteiger partial charge in [-0.1, -0.05) is 11.6 Å². The molecular weight excluding hydrogens is 271 g/mol. The third-order valence-electron chi connectivity index (χ3n) is 2.07. The van der Waals surface area contributed by atoms with E-state index >= 15 is 0 Å². The number of rotatable bonds is 4. The number of nitrogens with two attached hydrogens (primary N) is 1. The normalized spacial score (nSPS) is 11.3. The number of hydrogen-bond acceptors (Lipinski definition) is 3. The maximum absolute atomic E-state index is 11.8. The van der Waals surface area contributed by atoms with Gasteiger partial charge in [-0.2, -0.15) is 13.2 Å². The van der Waals surface area contributed by atoms with Gasteiger partial charge in [-0.25, -0.2) is 4.79 Å². The molecule has 3 nitrogen and oxygen atoms in total. The summed E-state index contributed by atoms with van der Waals surface area (Å²) in [6, 6.07) is 4.13. The highest BCUT2D eigenvalue weighted by molar-refractivity contribution is 6.33. The Bertz CT molecular complexity index is 435. The van der Waals surface area contributed by atoms with Crippen LogP contribution in [0.3, 0.4) is 0 Å². The highest BCUT2D eigenvalue weighted by Gasteiger charge is 2.26. The van der Waals surface area contributed by atoms with Crippen LogP contribution in [0.25, 0.3) is 0 Å². The van der Waals surface area contributed by atoms with Gasteiger partial charge in [0.1, 0.15) is 0 Å². The van der Waals surface area contributed by atoms with Gasteiger partial charge in [0, 0.05) is 6.42 Å². The number of halogens is 4. The van der Waals surface area contributed by atoms with Crippen LogP contribution in [0.4, 0.5) is 18.9 Å². The zero-order valence-electron chi connectivity index (χ0n) is 9.26. The summed E-state index contributed by atoms with van der Waals surface area (Å²) in [5, 5.41) is 0.194. The minimum Gasteiger partial charge on any atom is -0.462 e. The minimum absolute atomic E-state index is 0.154. The lowest BCUT2D eigenvalue weighted by atomic mass is 10.2. The molecule has 100 valence electrons. The highest BCUT2D eigenvalue weighted by Crippen LogP contribution is 2.22. The number of anilines is 1. The third-order valence-corrected chi connectivity index (χ3v) is 2.40. The molecule has 0 spiro atoms. The zero-order valence-corrected chi connectivity index (χ0v) is 10.0. The maximum Gasteiger partial charge on any atom is 0.389 e. The predicted octanol–water partition coefficient (Wildman–Crippen LogP) is 3.42. The van der Waals surface area contributed by atoms with E-state index < -0.39 is 18.6 Å². The van der Waals surface area contributed by atoms with E-state index in [1.165, 1.54) is 18.2 Å². The lowest BCUT2D eigenvalue weighted by Gasteiger charge is -2.07. The van der Waals surface area contributed by atoms with Crippen LogP contribution < -0.4 is 5.73 Å². The molecule has 0 aromatic heterocycles. The van der Waals surface area contributed by atoms with E-state index in [2.05, 4.69) is 4.74 Å². The molecule has 0 aliphatic carbocycles. The molecule has 0 bridgehead atoms. The number of esters is 1.